The van der Waals surface area contributed by atoms with Gasteiger partial charge in [0.15, 0.2) is 0 Å². The lowest BCUT2D eigenvalue weighted by Crippen LogP contribution is -3.68. The number of fused-ring (bicyclic) bond motifs is 38. The summed E-state index contributed by atoms with van der Waals surface area (Å²) in [4.78, 5) is 0. The van der Waals surface area contributed by atoms with Crippen LogP contribution in [-0.4, -0.2) is 0 Å². The largest absolute Gasteiger partial charge is 0.0461 e. The molecule has 0 amide bonds. The van der Waals surface area contributed by atoms with Gasteiger partial charge in [0.2, 0.25) is 0 Å². The van der Waals surface area contributed by atoms with E-state index in [4.69, 9.17) is 0 Å². The Hall–Kier alpha value is 0. The van der Waals surface area contributed by atoms with Crippen LogP contribution < -0.4 is 0 Å². The van der Waals surface area contributed by atoms with Crippen LogP contribution in [0.5, 0.6) is 0 Å². The van der Waals surface area contributed by atoms with Gasteiger partial charge in [-0.25, -0.2) is 0 Å². The molecule has 0 aromatic carbocycles. The predicted molar refractivity (Wildman–Crippen MR) is 432 cm³/mol. The van der Waals surface area contributed by atoms with Gasteiger partial charge in [-0.3, -0.25) is 0 Å². The third-order valence-corrected chi connectivity index (χ3v) is 129. The van der Waals surface area contributed by atoms with Crippen LogP contribution in [0.3, 0.4) is 0 Å². The molecular formula is C138H62. The van der Waals surface area contributed by atoms with E-state index >= 15 is 0 Å². The van der Waals surface area contributed by atoms with Gasteiger partial charge in [-0.1, -0.05) is 0 Å². The maximum Gasteiger partial charge on any atom is -0.000434 e. The lowest BCUT2D eigenvalue weighted by atomic mass is 8.29. The zero-order chi connectivity index (χ0) is 74.0. The molecule has 128 atom stereocenters. The SMILES string of the molecule is C1C2C3C4C5CC6C7C8C9C%10C%11C%12C%13C%14C%15C%16C%17C%18C%19C%20C%21C%22C%23C%24C%25C%26C%27C%28CC%29C%30C%31C%32CC%33C%34C%35C%36C%37C%38C%39C%40C%41C%42C1C1%43C2C32C43C56C74C85C96C%107C%118C%129C%13%10C%14%11C%15%12C%16%13C%17%14C%18%15C%19%16C%20%17C%21%18C%22%19C%23%20C%24%21C%25%22C%26%23C%27%24C%29%28C%30%25C%31%26C%32C%33%27C%28C%34%29C%30C%35%31C%32C%36%33C%34C%37%35C%36C%38%37C%38C%39%44C%39C%40%45C%40C%41%46C%41C%42%47C1C1%42C%432C34C51C61C%47%42C%412C%463C%404C%455C%396C%44%39C%38%40C%37%38C%36%37C%35%36C%34%35C%33%34C%32%33C%31%32C%30%31C%29%30C%28%29C%27%26C%25%24C%23%29C%22%30C%21%31C%20%32C%19%33C%18%34C%17%35C%16%36C%15%37C%14%38C%13%40C%12%39C%116C%105C94C83C721. The van der Waals surface area contributed by atoms with E-state index in [-0.39, 0.29) is 0 Å². The number of hydrogen-bond acceptors (Lipinski definition) is 0. The molecule has 0 nitrogen and oxygen atoms in total. The van der Waals surface area contributed by atoms with Crippen molar-refractivity contribution in [2.24, 2.45) is 547 Å². The normalized spacial score (nSPS) is 154. The molecule has 0 aromatic heterocycles. The van der Waals surface area contributed by atoms with Crippen molar-refractivity contribution in [3.8, 4) is 0 Å². The first kappa shape index (κ1) is 43.2. The summed E-state index contributed by atoms with van der Waals surface area (Å²) in [7, 11) is 0. The van der Waals surface area contributed by atoms with Gasteiger partial charge in [-0.2, -0.15) is 0 Å². The zero-order valence-corrected chi connectivity index (χ0v) is 74.0. The van der Waals surface area contributed by atoms with Gasteiger partial charge in [0.25, 0.3) is 0 Å². The Bertz CT molecular complexity index is 11400. The van der Waals surface area contributed by atoms with E-state index in [1.54, 1.807) is 35.5 Å². The molecule has 108 fully saturated rings. The van der Waals surface area contributed by atoms with Gasteiger partial charge in [0.05, 0.1) is 0 Å². The van der Waals surface area contributed by atoms with Crippen LogP contribution >= 0.6 is 0 Å². The molecule has 0 aliphatic heterocycles. The Labute approximate surface area is 772 Å². The lowest BCUT2D eigenvalue weighted by molar-refractivity contribution is -1.07. The first-order chi connectivity index (χ1) is 68.7. The predicted octanol–water partition coefficient (Wildman–Crippen LogP) is 11.3. The molecule has 108 aliphatic carbocycles. The second-order valence-corrected chi connectivity index (χ2v) is 93.5. The highest BCUT2D eigenvalue weighted by Crippen LogP contribution is 3.90. The molecule has 0 bridgehead atoms. The summed E-state index contributed by atoms with van der Waals surface area (Å²) < 4.78 is 0. The summed E-state index contributed by atoms with van der Waals surface area (Å²) in [5.74, 6) is 79.9. The lowest BCUT2D eigenvalue weighted by Gasteiger charge is -3.73. The van der Waals surface area contributed by atoms with E-state index < -0.39 is 0 Å². The van der Waals surface area contributed by atoms with Crippen molar-refractivity contribution in [2.45, 2.75) is 25.7 Å². The molecular weight excluding hydrogens is 1660 g/mol. The number of rotatable bonds is 0. The number of hydrogen-bond donors (Lipinski definition) is 0. The summed E-state index contributed by atoms with van der Waals surface area (Å²) in [6.45, 7) is 0. The summed E-state index contributed by atoms with van der Waals surface area (Å²) >= 11 is 0. The van der Waals surface area contributed by atoms with Crippen LogP contribution in [0.2, 0.25) is 0 Å². The van der Waals surface area contributed by atoms with Crippen LogP contribution in [0.15, 0.2) is 0 Å². The molecule has 128 unspecified atom stereocenters. The van der Waals surface area contributed by atoms with Crippen LogP contribution in [0.1, 0.15) is 25.7 Å². The van der Waals surface area contributed by atoms with Crippen molar-refractivity contribution in [2.75, 3.05) is 0 Å². The maximum atomic E-state index is 2.09. The molecule has 0 saturated heterocycles. The zero-order valence-electron chi connectivity index (χ0n) is 74.0. The molecule has 0 aromatic rings. The standard InChI is InChI=1S/C138H62/c1-5-13-17-9-3-11-19-28-30-32-40-34-42-36-44-38-46-39-45-37-43-35-41-33-31-29-20-12-4-10-18-14-6-2-8-16-22-24-26-27-25-23-21-15-7(1)59-47(5)72(13)74(17)70(9,11)76(19)78(28)88(30)80(32)90(40)82(34)92(42)84(36)94(44)86(38)96(46)87(39)95(45)85(37)93(43)83(35)91(41)81(33)89(31)79(29)77(20)71(10,12)75(18)73(14)48(6)60(8)50-62(16)52-64(22)54-66(24)56-68(26)58-69(27)57-67(25)55-65(23)53-63(21)51-61(15)49(59)97-107(59,72)118(74,76)120(78,97)130(88)109(61,97)99(51)111(63)101(53)113(65)103(55)115(67)105(57)117(69)106(58)116(68)104(56)114(66)102(54)112(64)100(52)110(62)98(50)108(60,73)119(75,77)121(79,98)131(89,110)123(81,100)133(91,112)125(83,102)135(93,114)127(85,104)137(95,116)129(87,106)138(96,117)128(86,105)136(94,115)126(84,103)134(92,113)124(82,101)132(90,111)122(80,99)130/h5-58H,1-4H2. The highest BCUT2D eigenvalue weighted by atomic mass is 15.9. The van der Waals surface area contributed by atoms with Crippen LogP contribution in [0.25, 0.3) is 0 Å². The summed E-state index contributed by atoms with van der Waals surface area (Å²) in [5, 5.41) is 0. The molecule has 108 aliphatic rings. The minimum absolute atomic E-state index is 1.07. The van der Waals surface area contributed by atoms with Gasteiger partial charge in [0.1, 0.15) is 0 Å². The minimum atomic E-state index is 1.07. The van der Waals surface area contributed by atoms with Crippen molar-refractivity contribution >= 4 is 0 Å². The first-order valence-corrected chi connectivity index (χ1v) is 68.7. The Kier molecular flexibility index (Phi) is 1.90. The highest BCUT2D eigenvalue weighted by molar-refractivity contribution is 6.81. The average molecular weight is 1720 g/mol. The van der Waals surface area contributed by atoms with Crippen molar-refractivity contribution in [3.63, 3.8) is 0 Å². The Morgan fingerprint density at radius 3 is 0.514 bits per heavy atom. The van der Waals surface area contributed by atoms with Crippen LogP contribution in [0.4, 0.5) is 0 Å². The van der Waals surface area contributed by atoms with Crippen molar-refractivity contribution in [3.05, 3.63) is 206 Å². The molecule has 80 spiro atoms. The van der Waals surface area contributed by atoms with E-state index in [2.05, 4.69) is 12.8 Å². The fourth-order valence-electron chi connectivity index (χ4n) is 171. The fourth-order valence-corrected chi connectivity index (χ4v) is 171. The molecule has 0 radical (unpaired) electrons. The van der Waals surface area contributed by atoms with E-state index in [0.717, 1.165) is 433 Å². The molecule has 138 heavy (non-hydrogen) atoms. The Morgan fingerprint density at radius 1 is 0.0942 bits per heavy atom. The summed E-state index contributed by atoms with van der Waals surface area (Å²) in [6, 6.07) is 0. The molecule has 0 heteroatoms. The van der Waals surface area contributed by atoms with Crippen molar-refractivity contribution < 1.29 is 0 Å². The maximum absolute atomic E-state index is 2.09. The monoisotopic (exact) mass is 1720 g/mol. The van der Waals surface area contributed by atoms with E-state index in [0.29, 0.717) is 0 Å². The molecule has 0 N–H and O–H groups in total. The van der Waals surface area contributed by atoms with Crippen molar-refractivity contribution in [1.82, 2.24) is 0 Å². The second-order valence-electron chi connectivity index (χ2n) is 93.5. The quantitative estimate of drug-likeness (QED) is 0.227. The molecule has 108 saturated carbocycles. The third kappa shape index (κ3) is 0.831. The van der Waals surface area contributed by atoms with Gasteiger partial charge in [-0.05, 0) is 778 Å². The van der Waals surface area contributed by atoms with Crippen molar-refractivity contribution in [1.29, 1.82) is 0 Å². The Balaban J connectivity index is 0.485. The van der Waals surface area contributed by atoms with Gasteiger partial charge < -0.3 is 0 Å². The smallest absolute Gasteiger partial charge is 0.000434 e. The molecule has 108 rings (SSSR count). The van der Waals surface area contributed by atoms with Gasteiger partial charge in [0, 0.05) is 0 Å². The summed E-state index contributed by atoms with van der Waals surface area (Å²) in [5.41, 5.74) is 90.0. The first-order valence-electron chi connectivity index (χ1n) is 68.7. The van der Waals surface area contributed by atoms with Crippen LogP contribution in [-0.2, 0) is 0 Å². The molecule has 0 heterocycles. The van der Waals surface area contributed by atoms with E-state index in [1.165, 1.54) is 284 Å². The summed E-state index contributed by atoms with van der Waals surface area (Å²) in [6.07, 6.45) is 8.05. The van der Waals surface area contributed by atoms with Gasteiger partial charge >= 0.3 is 0 Å². The third-order valence-electron chi connectivity index (χ3n) is 129. The Morgan fingerprint density at radius 2 is 0.268 bits per heavy atom. The van der Waals surface area contributed by atoms with Crippen LogP contribution in [0, 0.1) is 753 Å². The van der Waals surface area contributed by atoms with E-state index in [9.17, 15) is 0 Å². The topological polar surface area (TPSA) is 0 Å². The second kappa shape index (κ2) is 6.07. The van der Waals surface area contributed by atoms with E-state index in [1.807, 2.05) is 12.8 Å². The fraction of sp³-hybridized carbons (Fsp3) is 1.00. The van der Waals surface area contributed by atoms with Gasteiger partial charge in [-0.15, -0.1) is 0 Å². The highest BCUT2D eigenvalue weighted by Gasteiger charge is 3.85. The average Bonchev–Trinajstić information content (AvgIpc) is 0.788. The molecule has 614 valence electrons. The minimum Gasteiger partial charge on any atom is -0.0461 e.